The van der Waals surface area contributed by atoms with Gasteiger partial charge in [-0.05, 0) is 37.9 Å². The zero-order chi connectivity index (χ0) is 9.80. The molecule has 0 unspecified atom stereocenters. The van der Waals surface area contributed by atoms with E-state index in [1.807, 2.05) is 12.3 Å². The van der Waals surface area contributed by atoms with E-state index < -0.39 is 0 Å². The van der Waals surface area contributed by atoms with E-state index in [1.54, 1.807) is 6.21 Å². The topological polar surface area (TPSA) is 15.6 Å². The monoisotopic (exact) mass is 186 g/mol. The largest absolute Gasteiger partial charge is 0.299 e. The van der Waals surface area contributed by atoms with Gasteiger partial charge in [0.2, 0.25) is 0 Å². The minimum Gasteiger partial charge on any atom is -0.299 e. The van der Waals surface area contributed by atoms with Crippen molar-refractivity contribution in [3.05, 3.63) is 23.3 Å². The molecule has 72 valence electrons. The summed E-state index contributed by atoms with van der Waals surface area (Å²) in [4.78, 5) is 6.65. The molecule has 14 heavy (non-hydrogen) atoms. The SMILES string of the molecule is [B]C1=CCC(CN2CCCC2)=CN=C1. The lowest BCUT2D eigenvalue weighted by Crippen LogP contribution is -2.21. The zero-order valence-corrected chi connectivity index (χ0v) is 8.45. The Morgan fingerprint density at radius 3 is 2.93 bits per heavy atom. The van der Waals surface area contributed by atoms with Crippen LogP contribution in [0.25, 0.3) is 0 Å². The molecule has 0 aromatic carbocycles. The van der Waals surface area contributed by atoms with Crippen molar-refractivity contribution in [1.82, 2.24) is 4.90 Å². The Balaban J connectivity index is 1.92. The first-order valence-electron chi connectivity index (χ1n) is 5.24. The van der Waals surface area contributed by atoms with Gasteiger partial charge in [-0.2, -0.15) is 0 Å². The molecule has 2 rings (SSSR count). The predicted octanol–water partition coefficient (Wildman–Crippen LogP) is 1.49. The van der Waals surface area contributed by atoms with Crippen LogP contribution in [0.15, 0.2) is 28.3 Å². The lowest BCUT2D eigenvalue weighted by atomic mass is 9.95. The molecule has 0 aliphatic carbocycles. The van der Waals surface area contributed by atoms with Crippen LogP contribution in [0.3, 0.4) is 0 Å². The molecule has 2 aliphatic heterocycles. The third kappa shape index (κ3) is 2.58. The highest BCUT2D eigenvalue weighted by molar-refractivity contribution is 6.32. The van der Waals surface area contributed by atoms with Gasteiger partial charge in [-0.1, -0.05) is 11.5 Å². The van der Waals surface area contributed by atoms with Gasteiger partial charge in [0.05, 0.1) is 0 Å². The van der Waals surface area contributed by atoms with Crippen LogP contribution in [-0.2, 0) is 0 Å². The van der Waals surface area contributed by atoms with Crippen molar-refractivity contribution in [1.29, 1.82) is 0 Å². The molecular formula is C11H15BN2. The van der Waals surface area contributed by atoms with Crippen LogP contribution < -0.4 is 0 Å². The van der Waals surface area contributed by atoms with Crippen LogP contribution in [0.2, 0.25) is 0 Å². The van der Waals surface area contributed by atoms with E-state index in [2.05, 4.69) is 9.89 Å². The molecule has 1 fully saturated rings. The summed E-state index contributed by atoms with van der Waals surface area (Å²) < 4.78 is 0. The fourth-order valence-corrected chi connectivity index (χ4v) is 1.92. The first-order valence-corrected chi connectivity index (χ1v) is 5.24. The van der Waals surface area contributed by atoms with Crippen molar-refractivity contribution >= 4 is 14.1 Å². The summed E-state index contributed by atoms with van der Waals surface area (Å²) in [5.41, 5.74) is 2.14. The van der Waals surface area contributed by atoms with Crippen molar-refractivity contribution in [2.24, 2.45) is 4.99 Å². The lowest BCUT2D eigenvalue weighted by Gasteiger charge is -2.15. The fourth-order valence-electron chi connectivity index (χ4n) is 1.92. The average molecular weight is 186 g/mol. The van der Waals surface area contributed by atoms with E-state index in [0.717, 1.165) is 18.4 Å². The highest BCUT2D eigenvalue weighted by atomic mass is 15.1. The quantitative estimate of drug-likeness (QED) is 0.596. The van der Waals surface area contributed by atoms with E-state index in [0.29, 0.717) is 0 Å². The number of nitrogens with zero attached hydrogens (tertiary/aromatic N) is 2. The molecule has 0 saturated carbocycles. The molecule has 0 aromatic rings. The second kappa shape index (κ2) is 4.60. The maximum Gasteiger partial charge on any atom is 0.115 e. The van der Waals surface area contributed by atoms with Gasteiger partial charge >= 0.3 is 0 Å². The lowest BCUT2D eigenvalue weighted by molar-refractivity contribution is 0.366. The van der Waals surface area contributed by atoms with Crippen LogP contribution in [0.5, 0.6) is 0 Å². The van der Waals surface area contributed by atoms with Crippen LogP contribution in [-0.4, -0.2) is 38.6 Å². The number of allylic oxidation sites excluding steroid dienone is 2. The standard InChI is InChI=1S/C11H15BN2/c12-11-4-3-10(7-13-8-11)9-14-5-1-2-6-14/h4,7-8H,1-3,5-6,9H2. The summed E-state index contributed by atoms with van der Waals surface area (Å²) in [7, 11) is 5.67. The third-order valence-electron chi connectivity index (χ3n) is 2.71. The van der Waals surface area contributed by atoms with Gasteiger partial charge in [-0.15, -0.1) is 0 Å². The molecule has 2 radical (unpaired) electrons. The van der Waals surface area contributed by atoms with Gasteiger partial charge in [0.15, 0.2) is 0 Å². The maximum atomic E-state index is 5.67. The van der Waals surface area contributed by atoms with Gasteiger partial charge in [-0.3, -0.25) is 9.89 Å². The van der Waals surface area contributed by atoms with E-state index >= 15 is 0 Å². The molecule has 0 aromatic heterocycles. The first kappa shape index (κ1) is 9.72. The number of rotatable bonds is 2. The van der Waals surface area contributed by atoms with Gasteiger partial charge in [0.1, 0.15) is 7.85 Å². The van der Waals surface area contributed by atoms with Crippen molar-refractivity contribution in [2.45, 2.75) is 19.3 Å². The van der Waals surface area contributed by atoms with Gasteiger partial charge in [-0.25, -0.2) is 0 Å². The zero-order valence-electron chi connectivity index (χ0n) is 8.45. The van der Waals surface area contributed by atoms with E-state index in [4.69, 9.17) is 7.85 Å². The molecule has 0 amide bonds. The Labute approximate surface area is 86.8 Å². The highest BCUT2D eigenvalue weighted by Gasteiger charge is 2.12. The van der Waals surface area contributed by atoms with Crippen molar-refractivity contribution in [3.63, 3.8) is 0 Å². The van der Waals surface area contributed by atoms with Gasteiger partial charge in [0, 0.05) is 19.0 Å². The minimum atomic E-state index is 0.776. The molecule has 2 nitrogen and oxygen atoms in total. The highest BCUT2D eigenvalue weighted by Crippen LogP contribution is 2.14. The fraction of sp³-hybridized carbons (Fsp3) is 0.545. The molecule has 0 spiro atoms. The number of likely N-dealkylation sites (tertiary alicyclic amines) is 1. The molecule has 3 heteroatoms. The van der Waals surface area contributed by atoms with E-state index in [1.165, 1.54) is 31.5 Å². The Kier molecular flexibility index (Phi) is 3.20. The van der Waals surface area contributed by atoms with E-state index in [-0.39, 0.29) is 0 Å². The second-order valence-corrected chi connectivity index (χ2v) is 3.96. The van der Waals surface area contributed by atoms with Crippen molar-refractivity contribution < 1.29 is 0 Å². The molecule has 0 bridgehead atoms. The summed E-state index contributed by atoms with van der Waals surface area (Å²) in [5.74, 6) is 0. The molecule has 2 aliphatic rings. The Morgan fingerprint density at radius 1 is 1.36 bits per heavy atom. The summed E-state index contributed by atoms with van der Waals surface area (Å²) in [6.07, 6.45) is 9.34. The Hall–Kier alpha value is -0.825. The molecule has 1 saturated heterocycles. The first-order chi connectivity index (χ1) is 6.84. The smallest absolute Gasteiger partial charge is 0.115 e. The summed E-state index contributed by atoms with van der Waals surface area (Å²) >= 11 is 0. The Bertz CT molecular complexity index is 283. The molecular weight excluding hydrogens is 171 g/mol. The van der Waals surface area contributed by atoms with Crippen molar-refractivity contribution in [2.75, 3.05) is 19.6 Å². The van der Waals surface area contributed by atoms with Crippen LogP contribution in [0, 0.1) is 0 Å². The Morgan fingerprint density at radius 2 is 2.14 bits per heavy atom. The normalized spacial score (nSPS) is 23.1. The number of hydrogen-bond acceptors (Lipinski definition) is 2. The summed E-state index contributed by atoms with van der Waals surface area (Å²) in [6, 6.07) is 0. The average Bonchev–Trinajstić information content (AvgIpc) is 2.58. The van der Waals surface area contributed by atoms with Gasteiger partial charge < -0.3 is 0 Å². The maximum absolute atomic E-state index is 5.67. The van der Waals surface area contributed by atoms with Crippen LogP contribution >= 0.6 is 0 Å². The molecule has 0 atom stereocenters. The molecule has 0 N–H and O–H groups in total. The second-order valence-electron chi connectivity index (χ2n) is 3.96. The molecule has 2 heterocycles. The minimum absolute atomic E-state index is 0.776. The van der Waals surface area contributed by atoms with Crippen molar-refractivity contribution in [3.8, 4) is 0 Å². The van der Waals surface area contributed by atoms with E-state index in [9.17, 15) is 0 Å². The summed E-state index contributed by atoms with van der Waals surface area (Å²) in [6.45, 7) is 3.53. The van der Waals surface area contributed by atoms with Crippen LogP contribution in [0.1, 0.15) is 19.3 Å². The number of aliphatic imine (C=N–C) groups is 1. The summed E-state index contributed by atoms with van der Waals surface area (Å²) in [5, 5.41) is 0. The van der Waals surface area contributed by atoms with Gasteiger partial charge in [0.25, 0.3) is 0 Å². The van der Waals surface area contributed by atoms with Crippen LogP contribution in [0.4, 0.5) is 0 Å². The predicted molar refractivity (Wildman–Crippen MR) is 60.7 cm³/mol. The third-order valence-corrected chi connectivity index (χ3v) is 2.71. The number of hydrogen-bond donors (Lipinski definition) is 0.